The summed E-state index contributed by atoms with van der Waals surface area (Å²) >= 11 is 1.90. The van der Waals surface area contributed by atoms with E-state index in [2.05, 4.69) is 6.92 Å². The zero-order valence-electron chi connectivity index (χ0n) is 8.71. The van der Waals surface area contributed by atoms with E-state index in [1.54, 1.807) is 0 Å². The molecule has 1 nitrogen and oxygen atoms in total. The first-order chi connectivity index (χ1) is 6.24. The van der Waals surface area contributed by atoms with Gasteiger partial charge in [-0.15, -0.1) is 11.8 Å². The first-order valence-electron chi connectivity index (χ1n) is 5.42. The highest BCUT2D eigenvalue weighted by molar-refractivity contribution is 8.01. The number of hydrogen-bond acceptors (Lipinski definition) is 2. The predicted octanol–water partition coefficient (Wildman–Crippen LogP) is 3.42. The average molecular weight is 200 g/mol. The molecular weight excluding hydrogens is 180 g/mol. The molecule has 1 aliphatic rings. The van der Waals surface area contributed by atoms with Gasteiger partial charge < -0.3 is 0 Å². The summed E-state index contributed by atoms with van der Waals surface area (Å²) in [6, 6.07) is 0. The second kappa shape index (κ2) is 5.69. The highest BCUT2D eigenvalue weighted by atomic mass is 32.2. The van der Waals surface area contributed by atoms with Crippen molar-refractivity contribution in [3.05, 3.63) is 0 Å². The molecule has 0 spiro atoms. The fourth-order valence-electron chi connectivity index (χ4n) is 1.85. The maximum atomic E-state index is 11.4. The number of carbonyl (C=O) groups is 1. The number of thioether (sulfide) groups is 1. The van der Waals surface area contributed by atoms with Gasteiger partial charge in [-0.3, -0.25) is 4.79 Å². The van der Waals surface area contributed by atoms with Crippen molar-refractivity contribution in [1.82, 2.24) is 0 Å². The van der Waals surface area contributed by atoms with Gasteiger partial charge in [0, 0.05) is 11.7 Å². The molecule has 0 aliphatic heterocycles. The molecule has 1 fully saturated rings. The standard InChI is InChI=1S/C11H20OS/c1-3-11(12)9(2)13-10-7-5-4-6-8-10/h9-10H,3-8H2,1-2H3. The molecule has 2 heteroatoms. The molecule has 0 radical (unpaired) electrons. The first kappa shape index (κ1) is 11.1. The van der Waals surface area contributed by atoms with E-state index in [1.807, 2.05) is 18.7 Å². The van der Waals surface area contributed by atoms with Crippen LogP contribution in [0.1, 0.15) is 52.4 Å². The molecule has 76 valence electrons. The van der Waals surface area contributed by atoms with Gasteiger partial charge in [-0.05, 0) is 19.8 Å². The van der Waals surface area contributed by atoms with E-state index >= 15 is 0 Å². The molecule has 13 heavy (non-hydrogen) atoms. The molecule has 1 aliphatic carbocycles. The Morgan fingerprint density at radius 2 is 2.00 bits per heavy atom. The van der Waals surface area contributed by atoms with Crippen molar-refractivity contribution in [1.29, 1.82) is 0 Å². The lowest BCUT2D eigenvalue weighted by Crippen LogP contribution is -2.18. The van der Waals surface area contributed by atoms with E-state index in [9.17, 15) is 4.79 Å². The maximum Gasteiger partial charge on any atom is 0.145 e. The maximum absolute atomic E-state index is 11.4. The van der Waals surface area contributed by atoms with Crippen LogP contribution in [0.3, 0.4) is 0 Å². The Labute approximate surface area is 85.7 Å². The topological polar surface area (TPSA) is 17.1 Å². The van der Waals surface area contributed by atoms with Crippen LogP contribution in [0.2, 0.25) is 0 Å². The minimum atomic E-state index is 0.230. The van der Waals surface area contributed by atoms with Gasteiger partial charge >= 0.3 is 0 Å². The van der Waals surface area contributed by atoms with Gasteiger partial charge in [0.1, 0.15) is 5.78 Å². The fourth-order valence-corrected chi connectivity index (χ4v) is 3.35. The van der Waals surface area contributed by atoms with Crippen LogP contribution in [-0.2, 0) is 4.79 Å². The summed E-state index contributed by atoms with van der Waals surface area (Å²) in [5, 5.41) is 0.993. The van der Waals surface area contributed by atoms with E-state index in [0.717, 1.165) is 5.25 Å². The lowest BCUT2D eigenvalue weighted by molar-refractivity contribution is -0.118. The molecular formula is C11H20OS. The molecule has 1 unspecified atom stereocenters. The van der Waals surface area contributed by atoms with Crippen molar-refractivity contribution < 1.29 is 4.79 Å². The Bertz CT molecular complexity index is 161. The SMILES string of the molecule is CCC(=O)C(C)SC1CCCCC1. The second-order valence-corrected chi connectivity index (χ2v) is 5.50. The molecule has 1 saturated carbocycles. The summed E-state index contributed by atoms with van der Waals surface area (Å²) in [5.74, 6) is 0.413. The second-order valence-electron chi connectivity index (χ2n) is 3.86. The molecule has 0 aromatic carbocycles. The van der Waals surface area contributed by atoms with Crippen LogP contribution >= 0.6 is 11.8 Å². The third kappa shape index (κ3) is 3.72. The molecule has 0 amide bonds. The molecule has 1 rings (SSSR count). The predicted molar refractivity (Wildman–Crippen MR) is 59.2 cm³/mol. The van der Waals surface area contributed by atoms with Crippen LogP contribution < -0.4 is 0 Å². The largest absolute Gasteiger partial charge is 0.298 e. The third-order valence-corrected chi connectivity index (χ3v) is 4.28. The normalized spacial score (nSPS) is 21.4. The summed E-state index contributed by atoms with van der Waals surface area (Å²) in [7, 11) is 0. The van der Waals surface area contributed by atoms with Crippen LogP contribution in [0, 0.1) is 0 Å². The fraction of sp³-hybridized carbons (Fsp3) is 0.909. The van der Waals surface area contributed by atoms with Crippen molar-refractivity contribution in [2.24, 2.45) is 0 Å². The van der Waals surface area contributed by atoms with Gasteiger partial charge in [-0.25, -0.2) is 0 Å². The summed E-state index contributed by atoms with van der Waals surface area (Å²) in [5.41, 5.74) is 0. The van der Waals surface area contributed by atoms with Crippen molar-refractivity contribution in [3.8, 4) is 0 Å². The van der Waals surface area contributed by atoms with Gasteiger partial charge in [0.25, 0.3) is 0 Å². The van der Waals surface area contributed by atoms with Gasteiger partial charge in [0.05, 0.1) is 5.25 Å². The zero-order valence-corrected chi connectivity index (χ0v) is 9.53. The Morgan fingerprint density at radius 1 is 1.38 bits per heavy atom. The summed E-state index contributed by atoms with van der Waals surface area (Å²) in [4.78, 5) is 11.4. The lowest BCUT2D eigenvalue weighted by Gasteiger charge is -2.23. The number of rotatable bonds is 4. The van der Waals surface area contributed by atoms with Crippen LogP contribution in [-0.4, -0.2) is 16.3 Å². The van der Waals surface area contributed by atoms with Crippen molar-refractivity contribution in [2.75, 3.05) is 0 Å². The molecule has 0 aromatic rings. The van der Waals surface area contributed by atoms with E-state index in [-0.39, 0.29) is 5.25 Å². The lowest BCUT2D eigenvalue weighted by atomic mass is 10.0. The minimum Gasteiger partial charge on any atom is -0.298 e. The van der Waals surface area contributed by atoms with Crippen molar-refractivity contribution in [2.45, 2.75) is 62.9 Å². The van der Waals surface area contributed by atoms with E-state index < -0.39 is 0 Å². The quantitative estimate of drug-likeness (QED) is 0.691. The number of carbonyl (C=O) groups excluding carboxylic acids is 1. The summed E-state index contributed by atoms with van der Waals surface area (Å²) in [6.45, 7) is 4.02. The number of ketones is 1. The van der Waals surface area contributed by atoms with Crippen molar-refractivity contribution >= 4 is 17.5 Å². The smallest absolute Gasteiger partial charge is 0.145 e. The number of hydrogen-bond donors (Lipinski definition) is 0. The van der Waals surface area contributed by atoms with Crippen LogP contribution in [0.15, 0.2) is 0 Å². The minimum absolute atomic E-state index is 0.230. The van der Waals surface area contributed by atoms with E-state index in [4.69, 9.17) is 0 Å². The summed E-state index contributed by atoms with van der Waals surface area (Å²) in [6.07, 6.45) is 7.47. The number of Topliss-reactive ketones (excluding diaryl/α,β-unsaturated/α-hetero) is 1. The highest BCUT2D eigenvalue weighted by Crippen LogP contribution is 2.31. The molecule has 0 bridgehead atoms. The molecule has 0 saturated heterocycles. The zero-order chi connectivity index (χ0) is 9.68. The third-order valence-electron chi connectivity index (χ3n) is 2.75. The van der Waals surface area contributed by atoms with Gasteiger partial charge in [0.2, 0.25) is 0 Å². The van der Waals surface area contributed by atoms with E-state index in [1.165, 1.54) is 32.1 Å². The molecule has 0 N–H and O–H groups in total. The first-order valence-corrected chi connectivity index (χ1v) is 6.36. The molecule has 1 atom stereocenters. The van der Waals surface area contributed by atoms with E-state index in [0.29, 0.717) is 12.2 Å². The molecule has 0 aromatic heterocycles. The molecule has 0 heterocycles. The van der Waals surface area contributed by atoms with Crippen LogP contribution in [0.4, 0.5) is 0 Å². The summed E-state index contributed by atoms with van der Waals surface area (Å²) < 4.78 is 0. The average Bonchev–Trinajstić information content (AvgIpc) is 2.18. The Kier molecular flexibility index (Phi) is 4.86. The van der Waals surface area contributed by atoms with Crippen LogP contribution in [0.5, 0.6) is 0 Å². The van der Waals surface area contributed by atoms with Crippen LogP contribution in [0.25, 0.3) is 0 Å². The van der Waals surface area contributed by atoms with Gasteiger partial charge in [0.15, 0.2) is 0 Å². The van der Waals surface area contributed by atoms with Gasteiger partial charge in [-0.2, -0.15) is 0 Å². The Balaban J connectivity index is 2.25. The van der Waals surface area contributed by atoms with Crippen molar-refractivity contribution in [3.63, 3.8) is 0 Å². The Hall–Kier alpha value is 0.0200. The highest BCUT2D eigenvalue weighted by Gasteiger charge is 2.19. The Morgan fingerprint density at radius 3 is 2.54 bits per heavy atom. The van der Waals surface area contributed by atoms with Gasteiger partial charge in [-0.1, -0.05) is 26.2 Å². The monoisotopic (exact) mass is 200 g/mol.